The number of hydrogen-bond acceptors (Lipinski definition) is 1. The summed E-state index contributed by atoms with van der Waals surface area (Å²) in [5, 5.41) is 0. The molecule has 0 unspecified atom stereocenters. The molecule has 0 saturated carbocycles. The second-order valence-electron chi connectivity index (χ2n) is 5.34. The van der Waals surface area contributed by atoms with Gasteiger partial charge in [0.1, 0.15) is 0 Å². The van der Waals surface area contributed by atoms with E-state index in [1.165, 1.54) is 16.8 Å². The first kappa shape index (κ1) is 15.4. The maximum atomic E-state index is 2.45. The van der Waals surface area contributed by atoms with Crippen molar-refractivity contribution in [2.24, 2.45) is 0 Å². The molecule has 0 fully saturated rings. The van der Waals surface area contributed by atoms with Crippen LogP contribution in [0, 0.1) is 0 Å². The Balaban J connectivity index is 2.15. The standard InChI is InChI=1S/C18H22IN/c1-15(2)17-8-10-18(11-9-17)20(13-12-19)14-16-6-4-3-5-7-16/h3-11,15H,12-14H2,1-2H3. The summed E-state index contributed by atoms with van der Waals surface area (Å²) in [5.74, 6) is 0.594. The molecule has 106 valence electrons. The molecule has 0 bridgehead atoms. The van der Waals surface area contributed by atoms with E-state index in [2.05, 4.69) is 95.9 Å². The van der Waals surface area contributed by atoms with Crippen LogP contribution in [0.25, 0.3) is 0 Å². The van der Waals surface area contributed by atoms with Gasteiger partial charge in [-0.05, 0) is 29.2 Å². The zero-order chi connectivity index (χ0) is 14.4. The van der Waals surface area contributed by atoms with Gasteiger partial charge in [-0.25, -0.2) is 0 Å². The van der Waals surface area contributed by atoms with Crippen LogP contribution in [0.1, 0.15) is 30.9 Å². The third-order valence-corrected chi connectivity index (χ3v) is 3.98. The Kier molecular flexibility index (Phi) is 5.89. The van der Waals surface area contributed by atoms with Crippen LogP contribution in [0.3, 0.4) is 0 Å². The fraction of sp³-hybridized carbons (Fsp3) is 0.333. The van der Waals surface area contributed by atoms with Crippen molar-refractivity contribution in [2.75, 3.05) is 15.9 Å². The van der Waals surface area contributed by atoms with Gasteiger partial charge < -0.3 is 4.90 Å². The molecule has 1 nitrogen and oxygen atoms in total. The smallest absolute Gasteiger partial charge is 0.0429 e. The van der Waals surface area contributed by atoms with Crippen molar-refractivity contribution in [2.45, 2.75) is 26.3 Å². The first-order valence-corrected chi connectivity index (χ1v) is 8.68. The monoisotopic (exact) mass is 379 g/mol. The minimum Gasteiger partial charge on any atom is -0.366 e. The largest absolute Gasteiger partial charge is 0.366 e. The van der Waals surface area contributed by atoms with E-state index < -0.39 is 0 Å². The van der Waals surface area contributed by atoms with Crippen molar-refractivity contribution in [3.05, 3.63) is 65.7 Å². The van der Waals surface area contributed by atoms with Gasteiger partial charge in [0.2, 0.25) is 0 Å². The quantitative estimate of drug-likeness (QED) is 0.489. The summed E-state index contributed by atoms with van der Waals surface area (Å²) < 4.78 is 1.14. The Morgan fingerprint density at radius 2 is 1.60 bits per heavy atom. The third kappa shape index (κ3) is 4.23. The fourth-order valence-electron chi connectivity index (χ4n) is 2.28. The number of benzene rings is 2. The highest BCUT2D eigenvalue weighted by Crippen LogP contribution is 2.21. The third-order valence-electron chi connectivity index (χ3n) is 3.50. The summed E-state index contributed by atoms with van der Waals surface area (Å²) in [4.78, 5) is 2.45. The molecule has 0 spiro atoms. The normalized spacial score (nSPS) is 10.8. The molecule has 2 aromatic rings. The topological polar surface area (TPSA) is 3.24 Å². The van der Waals surface area contributed by atoms with Gasteiger partial charge in [0.25, 0.3) is 0 Å². The van der Waals surface area contributed by atoms with E-state index in [9.17, 15) is 0 Å². The van der Waals surface area contributed by atoms with Crippen molar-refractivity contribution >= 4 is 28.3 Å². The second kappa shape index (κ2) is 7.67. The SMILES string of the molecule is CC(C)c1ccc(N(CCI)Cc2ccccc2)cc1. The maximum absolute atomic E-state index is 2.45. The van der Waals surface area contributed by atoms with Gasteiger partial charge in [-0.3, -0.25) is 0 Å². The lowest BCUT2D eigenvalue weighted by atomic mass is 10.0. The van der Waals surface area contributed by atoms with Crippen LogP contribution in [-0.4, -0.2) is 11.0 Å². The number of alkyl halides is 1. The summed E-state index contributed by atoms with van der Waals surface area (Å²) in [6, 6.07) is 19.7. The zero-order valence-corrected chi connectivity index (χ0v) is 14.4. The Bertz CT molecular complexity index is 505. The minimum atomic E-state index is 0.594. The second-order valence-corrected chi connectivity index (χ2v) is 6.42. The van der Waals surface area contributed by atoms with E-state index in [-0.39, 0.29) is 0 Å². The predicted molar refractivity (Wildman–Crippen MR) is 96.9 cm³/mol. The summed E-state index contributed by atoms with van der Waals surface area (Å²) >= 11 is 2.45. The molecule has 0 heterocycles. The van der Waals surface area contributed by atoms with Crippen LogP contribution in [0.4, 0.5) is 5.69 Å². The summed E-state index contributed by atoms with van der Waals surface area (Å²) in [7, 11) is 0. The number of nitrogens with zero attached hydrogens (tertiary/aromatic N) is 1. The molecule has 2 heteroatoms. The van der Waals surface area contributed by atoms with Gasteiger partial charge in [-0.2, -0.15) is 0 Å². The predicted octanol–water partition coefficient (Wildman–Crippen LogP) is 5.25. The summed E-state index contributed by atoms with van der Waals surface area (Å²) in [6.07, 6.45) is 0. The Morgan fingerprint density at radius 1 is 0.950 bits per heavy atom. The molecule has 0 radical (unpaired) electrons. The van der Waals surface area contributed by atoms with E-state index in [4.69, 9.17) is 0 Å². The van der Waals surface area contributed by atoms with Gasteiger partial charge >= 0.3 is 0 Å². The molecule has 2 aromatic carbocycles. The zero-order valence-electron chi connectivity index (χ0n) is 12.2. The molecule has 0 saturated heterocycles. The van der Waals surface area contributed by atoms with E-state index >= 15 is 0 Å². The number of halogens is 1. The number of anilines is 1. The molecule has 0 aromatic heterocycles. The summed E-state index contributed by atoms with van der Waals surface area (Å²) in [6.45, 7) is 6.53. The fourth-order valence-corrected chi connectivity index (χ4v) is 2.86. The molecule has 0 atom stereocenters. The molecule has 0 N–H and O–H groups in total. The first-order chi connectivity index (χ1) is 9.70. The molecule has 20 heavy (non-hydrogen) atoms. The number of rotatable bonds is 6. The molecular weight excluding hydrogens is 357 g/mol. The van der Waals surface area contributed by atoms with E-state index in [0.717, 1.165) is 17.5 Å². The van der Waals surface area contributed by atoms with Crippen LogP contribution in [0.15, 0.2) is 54.6 Å². The van der Waals surface area contributed by atoms with Crippen LogP contribution in [0.5, 0.6) is 0 Å². The minimum absolute atomic E-state index is 0.594. The lowest BCUT2D eigenvalue weighted by Gasteiger charge is -2.24. The average Bonchev–Trinajstić information content (AvgIpc) is 2.48. The van der Waals surface area contributed by atoms with Crippen molar-refractivity contribution in [3.63, 3.8) is 0 Å². The van der Waals surface area contributed by atoms with Crippen molar-refractivity contribution in [3.8, 4) is 0 Å². The Labute approximate surface area is 136 Å². The van der Waals surface area contributed by atoms with Gasteiger partial charge in [0.15, 0.2) is 0 Å². The van der Waals surface area contributed by atoms with Gasteiger partial charge in [0, 0.05) is 23.2 Å². The highest BCUT2D eigenvalue weighted by molar-refractivity contribution is 14.1. The van der Waals surface area contributed by atoms with Crippen LogP contribution in [0.2, 0.25) is 0 Å². The van der Waals surface area contributed by atoms with Gasteiger partial charge in [0.05, 0.1) is 0 Å². The molecule has 2 rings (SSSR count). The van der Waals surface area contributed by atoms with E-state index in [0.29, 0.717) is 5.92 Å². The highest BCUT2D eigenvalue weighted by atomic mass is 127. The van der Waals surface area contributed by atoms with Gasteiger partial charge in [-0.1, -0.05) is 78.9 Å². The summed E-state index contributed by atoms with van der Waals surface area (Å²) in [5.41, 5.74) is 4.09. The first-order valence-electron chi connectivity index (χ1n) is 7.15. The molecule has 0 aliphatic rings. The van der Waals surface area contributed by atoms with Crippen LogP contribution < -0.4 is 4.90 Å². The van der Waals surface area contributed by atoms with Crippen LogP contribution >= 0.6 is 22.6 Å². The Hall–Kier alpha value is -1.03. The van der Waals surface area contributed by atoms with Crippen LogP contribution in [-0.2, 0) is 6.54 Å². The lowest BCUT2D eigenvalue weighted by Crippen LogP contribution is -2.24. The average molecular weight is 379 g/mol. The molecule has 0 amide bonds. The highest BCUT2D eigenvalue weighted by Gasteiger charge is 2.07. The molecular formula is C18H22IN. The van der Waals surface area contributed by atoms with Gasteiger partial charge in [-0.15, -0.1) is 0 Å². The molecule has 0 aliphatic heterocycles. The lowest BCUT2D eigenvalue weighted by molar-refractivity contribution is 0.836. The van der Waals surface area contributed by atoms with E-state index in [1.807, 2.05) is 0 Å². The van der Waals surface area contributed by atoms with Crippen molar-refractivity contribution in [1.29, 1.82) is 0 Å². The Morgan fingerprint density at radius 3 is 2.15 bits per heavy atom. The number of hydrogen-bond donors (Lipinski definition) is 0. The van der Waals surface area contributed by atoms with Crippen molar-refractivity contribution < 1.29 is 0 Å². The maximum Gasteiger partial charge on any atom is 0.0429 e. The van der Waals surface area contributed by atoms with E-state index in [1.54, 1.807) is 0 Å². The molecule has 0 aliphatic carbocycles. The van der Waals surface area contributed by atoms with Crippen molar-refractivity contribution in [1.82, 2.24) is 0 Å².